The van der Waals surface area contributed by atoms with Crippen LogP contribution in [0.25, 0.3) is 11.1 Å². The molecule has 2 heterocycles. The van der Waals surface area contributed by atoms with Gasteiger partial charge in [-0.25, -0.2) is 0 Å². The van der Waals surface area contributed by atoms with Gasteiger partial charge in [0.1, 0.15) is 0 Å². The molecule has 0 spiro atoms. The normalized spacial score (nSPS) is 16.6. The second kappa shape index (κ2) is 7.72. The first-order valence-electron chi connectivity index (χ1n) is 10.4. The number of benzene rings is 3. The Labute approximate surface area is 191 Å². The molecule has 5 rings (SSSR count). The van der Waals surface area contributed by atoms with Gasteiger partial charge in [-0.15, -0.1) is 0 Å². The fourth-order valence-corrected chi connectivity index (χ4v) is 4.58. The zero-order valence-corrected chi connectivity index (χ0v) is 17.5. The quantitative estimate of drug-likeness (QED) is 0.526. The number of para-hydroxylation sites is 1. The Morgan fingerprint density at radius 1 is 0.971 bits per heavy atom. The maximum Gasteiger partial charge on any atom is 0.416 e. The summed E-state index contributed by atoms with van der Waals surface area (Å²) >= 11 is 0. The van der Waals surface area contributed by atoms with Crippen molar-refractivity contribution in [1.82, 2.24) is 0 Å². The van der Waals surface area contributed by atoms with Crippen LogP contribution in [0.3, 0.4) is 0 Å². The summed E-state index contributed by atoms with van der Waals surface area (Å²) in [4.78, 5) is 38.8. The van der Waals surface area contributed by atoms with E-state index in [0.717, 1.165) is 23.4 Å². The van der Waals surface area contributed by atoms with Crippen molar-refractivity contribution in [2.75, 3.05) is 10.2 Å². The summed E-state index contributed by atoms with van der Waals surface area (Å²) in [6.45, 7) is -0.0951. The Balaban J connectivity index is 1.59. The minimum Gasteiger partial charge on any atom is -0.481 e. The molecule has 1 unspecified atom stereocenters. The number of carbonyl (C=O) groups excluding carboxylic acids is 2. The van der Waals surface area contributed by atoms with Gasteiger partial charge in [-0.05, 0) is 41.0 Å². The fraction of sp³-hybridized carbons (Fsp3) is 0.160. The Kier molecular flexibility index (Phi) is 4.93. The van der Waals surface area contributed by atoms with Gasteiger partial charge in [-0.1, -0.05) is 36.4 Å². The topological polar surface area (TPSA) is 86.7 Å². The molecule has 34 heavy (non-hydrogen) atoms. The van der Waals surface area contributed by atoms with Crippen LogP contribution in [0.5, 0.6) is 0 Å². The van der Waals surface area contributed by atoms with E-state index < -0.39 is 35.4 Å². The Morgan fingerprint density at radius 3 is 2.35 bits per heavy atom. The number of Topliss-reactive ketones (excluding diaryl/α,β-unsaturated/α-hetero) is 1. The lowest BCUT2D eigenvalue weighted by molar-refractivity contribution is -0.138. The molecular weight excluding hydrogens is 449 g/mol. The number of carbonyl (C=O) groups is 3. The van der Waals surface area contributed by atoms with E-state index in [1.807, 2.05) is 24.3 Å². The van der Waals surface area contributed by atoms with Crippen molar-refractivity contribution in [1.29, 1.82) is 0 Å². The number of rotatable bonds is 4. The van der Waals surface area contributed by atoms with Crippen molar-refractivity contribution in [2.45, 2.75) is 25.2 Å². The van der Waals surface area contributed by atoms with Crippen LogP contribution in [-0.2, 0) is 22.3 Å². The van der Waals surface area contributed by atoms with E-state index in [1.165, 1.54) is 17.0 Å². The predicted molar refractivity (Wildman–Crippen MR) is 117 cm³/mol. The molecule has 2 aliphatic rings. The molecule has 0 aromatic heterocycles. The van der Waals surface area contributed by atoms with Crippen LogP contribution in [0, 0.1) is 0 Å². The molecule has 3 aromatic rings. The maximum atomic E-state index is 13.1. The van der Waals surface area contributed by atoms with Crippen molar-refractivity contribution in [3.05, 3.63) is 82.9 Å². The first-order valence-corrected chi connectivity index (χ1v) is 10.4. The molecular formula is C25H17F3N2O4. The smallest absolute Gasteiger partial charge is 0.416 e. The Bertz CT molecular complexity index is 1350. The highest BCUT2D eigenvalue weighted by atomic mass is 19.4. The van der Waals surface area contributed by atoms with Crippen molar-refractivity contribution in [3.8, 4) is 11.1 Å². The van der Waals surface area contributed by atoms with Gasteiger partial charge < -0.3 is 15.3 Å². The summed E-state index contributed by atoms with van der Waals surface area (Å²) in [5, 5.41) is 12.6. The number of anilines is 2. The molecule has 6 nitrogen and oxygen atoms in total. The number of halogens is 3. The SMILES string of the molecule is O=C(O)CC1Nc2ccccc2-c2ccc3c(c21)C(=O)C(=O)N3Cc1ccc(C(F)(F)F)cc1. The Hall–Kier alpha value is -4.14. The zero-order valence-electron chi connectivity index (χ0n) is 17.5. The van der Waals surface area contributed by atoms with Crippen LogP contribution in [0.4, 0.5) is 24.5 Å². The van der Waals surface area contributed by atoms with E-state index in [2.05, 4.69) is 5.32 Å². The van der Waals surface area contributed by atoms with Crippen molar-refractivity contribution in [2.24, 2.45) is 0 Å². The van der Waals surface area contributed by atoms with Crippen molar-refractivity contribution >= 4 is 29.0 Å². The second-order valence-electron chi connectivity index (χ2n) is 8.18. The summed E-state index contributed by atoms with van der Waals surface area (Å²) in [5.74, 6) is -2.65. The van der Waals surface area contributed by atoms with Gasteiger partial charge >= 0.3 is 12.1 Å². The van der Waals surface area contributed by atoms with Crippen LogP contribution in [0.15, 0.2) is 60.7 Å². The van der Waals surface area contributed by atoms with Crippen LogP contribution in [0.1, 0.15) is 39.5 Å². The van der Waals surface area contributed by atoms with E-state index in [-0.39, 0.29) is 18.5 Å². The molecule has 0 saturated carbocycles. The second-order valence-corrected chi connectivity index (χ2v) is 8.18. The minimum absolute atomic E-state index is 0.0951. The standard InChI is InChI=1S/C25H17F3N2O4/c26-25(27,28)14-7-5-13(6-8-14)12-30-19-10-9-16-15-3-1-2-4-17(15)29-18(11-20(31)32)21(16)22(19)23(33)24(30)34/h1-10,18,29H,11-12H2,(H,31,32). The van der Waals surface area contributed by atoms with E-state index in [0.29, 0.717) is 22.4 Å². The van der Waals surface area contributed by atoms with Crippen LogP contribution >= 0.6 is 0 Å². The molecule has 1 amide bonds. The third kappa shape index (κ3) is 3.49. The average Bonchev–Trinajstić information content (AvgIpc) is 3.03. The summed E-state index contributed by atoms with van der Waals surface area (Å²) in [6, 6.07) is 14.3. The first kappa shape index (κ1) is 21.7. The Morgan fingerprint density at radius 2 is 1.68 bits per heavy atom. The molecule has 172 valence electrons. The number of hydrogen-bond acceptors (Lipinski definition) is 4. The van der Waals surface area contributed by atoms with Gasteiger partial charge in [-0.3, -0.25) is 14.4 Å². The molecule has 0 saturated heterocycles. The lowest BCUT2D eigenvalue weighted by atomic mass is 9.84. The number of carboxylic acids is 1. The monoisotopic (exact) mass is 466 g/mol. The molecule has 3 aromatic carbocycles. The number of alkyl halides is 3. The highest BCUT2D eigenvalue weighted by molar-refractivity contribution is 6.52. The fourth-order valence-electron chi connectivity index (χ4n) is 4.58. The summed E-state index contributed by atoms with van der Waals surface area (Å²) in [5.41, 5.74) is 2.65. The van der Waals surface area contributed by atoms with Gasteiger partial charge in [0.05, 0.1) is 35.8 Å². The summed E-state index contributed by atoms with van der Waals surface area (Å²) in [6.07, 6.45) is -4.79. The number of nitrogens with one attached hydrogen (secondary N) is 1. The van der Waals surface area contributed by atoms with E-state index in [9.17, 15) is 32.7 Å². The average molecular weight is 466 g/mol. The highest BCUT2D eigenvalue weighted by Crippen LogP contribution is 2.47. The molecule has 0 bridgehead atoms. The molecule has 1 atom stereocenters. The number of nitrogens with zero attached hydrogens (tertiary/aromatic N) is 1. The first-order chi connectivity index (χ1) is 16.1. The molecule has 9 heteroatoms. The van der Waals surface area contributed by atoms with Gasteiger partial charge in [0.25, 0.3) is 11.7 Å². The molecule has 2 aliphatic heterocycles. The van der Waals surface area contributed by atoms with Crippen LogP contribution in [0.2, 0.25) is 0 Å². The number of hydrogen-bond donors (Lipinski definition) is 2. The lowest BCUT2D eigenvalue weighted by Crippen LogP contribution is -2.29. The number of aliphatic carboxylic acids is 1. The lowest BCUT2D eigenvalue weighted by Gasteiger charge is -2.30. The zero-order chi connectivity index (χ0) is 24.2. The van der Waals surface area contributed by atoms with Crippen molar-refractivity contribution < 1.29 is 32.7 Å². The number of amides is 1. The van der Waals surface area contributed by atoms with Crippen LogP contribution < -0.4 is 10.2 Å². The van der Waals surface area contributed by atoms with Gasteiger partial charge in [0, 0.05) is 11.3 Å². The molecule has 0 radical (unpaired) electrons. The largest absolute Gasteiger partial charge is 0.481 e. The third-order valence-electron chi connectivity index (χ3n) is 6.08. The summed E-state index contributed by atoms with van der Waals surface area (Å²) < 4.78 is 38.6. The number of ketones is 1. The minimum atomic E-state index is -4.48. The molecule has 0 fully saturated rings. The summed E-state index contributed by atoms with van der Waals surface area (Å²) in [7, 11) is 0. The van der Waals surface area contributed by atoms with Crippen molar-refractivity contribution in [3.63, 3.8) is 0 Å². The predicted octanol–water partition coefficient (Wildman–Crippen LogP) is 5.04. The van der Waals surface area contributed by atoms with Gasteiger partial charge in [0.2, 0.25) is 0 Å². The van der Waals surface area contributed by atoms with E-state index in [4.69, 9.17) is 0 Å². The number of carboxylic acid groups (broad SMARTS) is 1. The maximum absolute atomic E-state index is 13.1. The van der Waals surface area contributed by atoms with E-state index >= 15 is 0 Å². The van der Waals surface area contributed by atoms with Crippen LogP contribution in [-0.4, -0.2) is 22.8 Å². The van der Waals surface area contributed by atoms with Gasteiger partial charge in [-0.2, -0.15) is 13.2 Å². The molecule has 0 aliphatic carbocycles. The number of fused-ring (bicyclic) bond motifs is 5. The van der Waals surface area contributed by atoms with Gasteiger partial charge in [0.15, 0.2) is 0 Å². The molecule has 2 N–H and O–H groups in total. The van der Waals surface area contributed by atoms with E-state index in [1.54, 1.807) is 12.1 Å². The third-order valence-corrected chi connectivity index (χ3v) is 6.08. The highest BCUT2D eigenvalue weighted by Gasteiger charge is 2.42.